The zero-order chi connectivity index (χ0) is 17.0. The number of hydrogen-bond donors (Lipinski definition) is 1. The third-order valence-electron chi connectivity index (χ3n) is 3.43. The molecule has 1 amide bonds. The quantitative estimate of drug-likeness (QED) is 0.905. The summed E-state index contributed by atoms with van der Waals surface area (Å²) in [5.74, 6) is 0.0862. The van der Waals surface area contributed by atoms with Crippen molar-refractivity contribution in [3.63, 3.8) is 0 Å². The van der Waals surface area contributed by atoms with Crippen molar-refractivity contribution >= 4 is 11.6 Å². The molecule has 2 aromatic rings. The molecule has 122 valence electrons. The number of nitrogens with one attached hydrogen (secondary N) is 1. The van der Waals surface area contributed by atoms with Gasteiger partial charge in [-0.15, -0.1) is 0 Å². The Balaban J connectivity index is 2.03. The SMILES string of the molecule is Cc1ccc(OCC(=O)Nc2ccc(F)cc2)c(C(C)(C)C)c1. The lowest BCUT2D eigenvalue weighted by Gasteiger charge is -2.23. The van der Waals surface area contributed by atoms with Gasteiger partial charge in [0, 0.05) is 5.69 Å². The molecular weight excluding hydrogens is 293 g/mol. The van der Waals surface area contributed by atoms with Gasteiger partial charge in [-0.1, -0.05) is 38.5 Å². The van der Waals surface area contributed by atoms with E-state index in [1.807, 2.05) is 19.1 Å². The number of ether oxygens (including phenoxy) is 1. The highest BCUT2D eigenvalue weighted by Crippen LogP contribution is 2.32. The zero-order valence-corrected chi connectivity index (χ0v) is 13.9. The van der Waals surface area contributed by atoms with Crippen LogP contribution in [0.1, 0.15) is 31.9 Å². The van der Waals surface area contributed by atoms with Gasteiger partial charge in [0.15, 0.2) is 6.61 Å². The van der Waals surface area contributed by atoms with E-state index in [-0.39, 0.29) is 23.7 Å². The highest BCUT2D eigenvalue weighted by molar-refractivity contribution is 5.91. The van der Waals surface area contributed by atoms with Crippen molar-refractivity contribution in [1.29, 1.82) is 0 Å². The predicted molar refractivity (Wildman–Crippen MR) is 90.4 cm³/mol. The second-order valence-electron chi connectivity index (χ2n) is 6.59. The van der Waals surface area contributed by atoms with E-state index in [1.165, 1.54) is 24.3 Å². The smallest absolute Gasteiger partial charge is 0.262 e. The minimum Gasteiger partial charge on any atom is -0.483 e. The van der Waals surface area contributed by atoms with Crippen LogP contribution in [-0.2, 0) is 10.2 Å². The van der Waals surface area contributed by atoms with Crippen molar-refractivity contribution in [3.05, 3.63) is 59.4 Å². The Bertz CT molecular complexity index is 688. The molecule has 1 N–H and O–H groups in total. The van der Waals surface area contributed by atoms with Crippen molar-refractivity contribution in [3.8, 4) is 5.75 Å². The third-order valence-corrected chi connectivity index (χ3v) is 3.43. The molecule has 0 heterocycles. The summed E-state index contributed by atoms with van der Waals surface area (Å²) in [5, 5.41) is 2.68. The zero-order valence-electron chi connectivity index (χ0n) is 13.9. The molecule has 0 saturated carbocycles. The first-order valence-corrected chi connectivity index (χ1v) is 7.55. The fraction of sp³-hybridized carbons (Fsp3) is 0.316. The molecule has 0 aliphatic rings. The van der Waals surface area contributed by atoms with Crippen LogP contribution in [0.2, 0.25) is 0 Å². The maximum atomic E-state index is 12.8. The normalized spacial score (nSPS) is 11.2. The molecule has 0 aliphatic heterocycles. The van der Waals surface area contributed by atoms with Gasteiger partial charge in [-0.3, -0.25) is 4.79 Å². The first-order valence-electron chi connectivity index (χ1n) is 7.55. The number of rotatable bonds is 4. The Hall–Kier alpha value is -2.36. The molecule has 0 aromatic heterocycles. The maximum Gasteiger partial charge on any atom is 0.262 e. The second kappa shape index (κ2) is 6.82. The number of carbonyl (C=O) groups excluding carboxylic acids is 1. The third kappa shape index (κ3) is 4.81. The van der Waals surface area contributed by atoms with E-state index in [1.54, 1.807) is 0 Å². The lowest BCUT2D eigenvalue weighted by molar-refractivity contribution is -0.118. The standard InChI is InChI=1S/C19H22FNO2/c1-13-5-10-17(16(11-13)19(2,3)4)23-12-18(22)21-15-8-6-14(20)7-9-15/h5-11H,12H2,1-4H3,(H,21,22). The molecule has 0 atom stereocenters. The summed E-state index contributed by atoms with van der Waals surface area (Å²) < 4.78 is 18.5. The molecule has 0 aliphatic carbocycles. The highest BCUT2D eigenvalue weighted by Gasteiger charge is 2.19. The fourth-order valence-corrected chi connectivity index (χ4v) is 2.23. The first kappa shape index (κ1) is 17.0. The van der Waals surface area contributed by atoms with E-state index < -0.39 is 0 Å². The Kier molecular flexibility index (Phi) is 5.04. The number of amides is 1. The highest BCUT2D eigenvalue weighted by atomic mass is 19.1. The topological polar surface area (TPSA) is 38.3 Å². The summed E-state index contributed by atoms with van der Waals surface area (Å²) in [4.78, 5) is 12.0. The molecule has 0 radical (unpaired) electrons. The van der Waals surface area contributed by atoms with Gasteiger partial charge in [0.25, 0.3) is 5.91 Å². The Morgan fingerprint density at radius 2 is 1.78 bits per heavy atom. The number of aryl methyl sites for hydroxylation is 1. The minimum atomic E-state index is -0.339. The predicted octanol–water partition coefficient (Wildman–Crippen LogP) is 4.45. The monoisotopic (exact) mass is 315 g/mol. The van der Waals surface area contributed by atoms with Gasteiger partial charge in [0.05, 0.1) is 0 Å². The van der Waals surface area contributed by atoms with Crippen molar-refractivity contribution in [1.82, 2.24) is 0 Å². The summed E-state index contributed by atoms with van der Waals surface area (Å²) in [6.07, 6.45) is 0. The van der Waals surface area contributed by atoms with Crippen LogP contribution >= 0.6 is 0 Å². The molecule has 2 rings (SSSR count). The fourth-order valence-electron chi connectivity index (χ4n) is 2.23. The van der Waals surface area contributed by atoms with Crippen LogP contribution in [0.15, 0.2) is 42.5 Å². The minimum absolute atomic E-state index is 0.0746. The first-order chi connectivity index (χ1) is 10.8. The van der Waals surface area contributed by atoms with E-state index in [9.17, 15) is 9.18 Å². The molecular formula is C19H22FNO2. The number of halogens is 1. The molecule has 0 saturated heterocycles. The van der Waals surface area contributed by atoms with Gasteiger partial charge in [-0.25, -0.2) is 4.39 Å². The van der Waals surface area contributed by atoms with E-state index in [4.69, 9.17) is 4.74 Å². The van der Waals surface area contributed by atoms with Crippen LogP contribution in [0.4, 0.5) is 10.1 Å². The van der Waals surface area contributed by atoms with Gasteiger partial charge >= 0.3 is 0 Å². The van der Waals surface area contributed by atoms with Gasteiger partial charge < -0.3 is 10.1 Å². The number of hydrogen-bond acceptors (Lipinski definition) is 2. The average Bonchev–Trinajstić information content (AvgIpc) is 2.47. The Labute approximate surface area is 136 Å². The second-order valence-corrected chi connectivity index (χ2v) is 6.59. The summed E-state index contributed by atoms with van der Waals surface area (Å²) in [5.41, 5.74) is 2.68. The molecule has 3 nitrogen and oxygen atoms in total. The molecule has 4 heteroatoms. The summed E-state index contributed by atoms with van der Waals surface area (Å²) in [6, 6.07) is 11.6. The van der Waals surface area contributed by atoms with Crippen LogP contribution in [0.5, 0.6) is 5.75 Å². The van der Waals surface area contributed by atoms with Crippen LogP contribution in [0.25, 0.3) is 0 Å². The molecule has 23 heavy (non-hydrogen) atoms. The van der Waals surface area contributed by atoms with Gasteiger partial charge in [0.2, 0.25) is 0 Å². The van der Waals surface area contributed by atoms with Gasteiger partial charge in [-0.2, -0.15) is 0 Å². The largest absolute Gasteiger partial charge is 0.483 e. The van der Waals surface area contributed by atoms with E-state index >= 15 is 0 Å². The van der Waals surface area contributed by atoms with Crippen molar-refractivity contribution < 1.29 is 13.9 Å². The molecule has 0 fully saturated rings. The number of benzene rings is 2. The molecule has 0 unspecified atom stereocenters. The van der Waals surface area contributed by atoms with Gasteiger partial charge in [-0.05, 0) is 48.2 Å². The van der Waals surface area contributed by atoms with E-state index in [2.05, 4.69) is 32.2 Å². The average molecular weight is 315 g/mol. The lowest BCUT2D eigenvalue weighted by atomic mass is 9.85. The van der Waals surface area contributed by atoms with E-state index in [0.29, 0.717) is 11.4 Å². The molecule has 0 bridgehead atoms. The van der Waals surface area contributed by atoms with Crippen LogP contribution < -0.4 is 10.1 Å². The van der Waals surface area contributed by atoms with Crippen LogP contribution in [-0.4, -0.2) is 12.5 Å². The number of anilines is 1. The maximum absolute atomic E-state index is 12.8. The van der Waals surface area contributed by atoms with Gasteiger partial charge in [0.1, 0.15) is 11.6 Å². The van der Waals surface area contributed by atoms with Crippen molar-refractivity contribution in [2.45, 2.75) is 33.1 Å². The molecule has 0 spiro atoms. The summed E-state index contributed by atoms with van der Waals surface area (Å²) in [6.45, 7) is 8.25. The lowest BCUT2D eigenvalue weighted by Crippen LogP contribution is -2.22. The Morgan fingerprint density at radius 1 is 1.13 bits per heavy atom. The number of carbonyl (C=O) groups is 1. The van der Waals surface area contributed by atoms with Crippen LogP contribution in [0.3, 0.4) is 0 Å². The Morgan fingerprint density at radius 3 is 2.39 bits per heavy atom. The molecule has 2 aromatic carbocycles. The van der Waals surface area contributed by atoms with Crippen molar-refractivity contribution in [2.24, 2.45) is 0 Å². The summed E-state index contributed by atoms with van der Waals surface area (Å²) >= 11 is 0. The summed E-state index contributed by atoms with van der Waals surface area (Å²) in [7, 11) is 0. The van der Waals surface area contributed by atoms with E-state index in [0.717, 1.165) is 11.1 Å². The van der Waals surface area contributed by atoms with Crippen LogP contribution in [0, 0.1) is 12.7 Å². The van der Waals surface area contributed by atoms with Crippen molar-refractivity contribution in [2.75, 3.05) is 11.9 Å².